The van der Waals surface area contributed by atoms with Gasteiger partial charge in [-0.25, -0.2) is 0 Å². The molecule has 0 bridgehead atoms. The molecule has 1 heterocycles. The molecule has 88 valence electrons. The van der Waals surface area contributed by atoms with E-state index in [1.807, 2.05) is 19.9 Å². The standard InChI is InChI=1S/C11H15NO3S/c1-4-12(7-10(13)15-3)11(14)9-6-5-8(2)16-9/h5-6H,4,7H2,1-3H3. The Balaban J connectivity index is 2.73. The topological polar surface area (TPSA) is 46.6 Å². The monoisotopic (exact) mass is 241 g/mol. The predicted molar refractivity (Wildman–Crippen MR) is 62.6 cm³/mol. The Morgan fingerprint density at radius 3 is 2.56 bits per heavy atom. The summed E-state index contributed by atoms with van der Waals surface area (Å²) in [6.07, 6.45) is 0. The number of carbonyl (C=O) groups is 2. The van der Waals surface area contributed by atoms with Crippen LogP contribution >= 0.6 is 11.3 Å². The normalized spacial score (nSPS) is 9.94. The van der Waals surface area contributed by atoms with Gasteiger partial charge in [0.15, 0.2) is 0 Å². The first-order valence-electron chi connectivity index (χ1n) is 5.01. The summed E-state index contributed by atoms with van der Waals surface area (Å²) < 4.78 is 4.54. The van der Waals surface area contributed by atoms with Crippen molar-refractivity contribution in [3.05, 3.63) is 21.9 Å². The Labute approximate surface area is 98.8 Å². The van der Waals surface area contributed by atoms with Crippen LogP contribution in [-0.2, 0) is 9.53 Å². The number of ether oxygens (including phenoxy) is 1. The molecule has 4 nitrogen and oxygen atoms in total. The van der Waals surface area contributed by atoms with Crippen molar-refractivity contribution in [2.75, 3.05) is 20.2 Å². The van der Waals surface area contributed by atoms with E-state index < -0.39 is 5.97 Å². The number of thiophene rings is 1. The molecule has 0 N–H and O–H groups in total. The number of esters is 1. The van der Waals surface area contributed by atoms with Crippen molar-refractivity contribution in [2.24, 2.45) is 0 Å². The number of amides is 1. The Bertz CT molecular complexity index is 386. The van der Waals surface area contributed by atoms with Gasteiger partial charge in [0.05, 0.1) is 12.0 Å². The highest BCUT2D eigenvalue weighted by Gasteiger charge is 2.18. The third kappa shape index (κ3) is 3.06. The molecule has 1 aromatic rings. The molecule has 0 fully saturated rings. The lowest BCUT2D eigenvalue weighted by Crippen LogP contribution is -2.35. The summed E-state index contributed by atoms with van der Waals surface area (Å²) in [5.41, 5.74) is 0. The second-order valence-electron chi connectivity index (χ2n) is 3.31. The predicted octanol–water partition coefficient (Wildman–Crippen LogP) is 1.69. The second-order valence-corrected chi connectivity index (χ2v) is 4.59. The van der Waals surface area contributed by atoms with Gasteiger partial charge in [-0.2, -0.15) is 0 Å². The van der Waals surface area contributed by atoms with Crippen molar-refractivity contribution in [3.8, 4) is 0 Å². The van der Waals surface area contributed by atoms with Crippen LogP contribution in [0.5, 0.6) is 0 Å². The van der Waals surface area contributed by atoms with Crippen molar-refractivity contribution in [2.45, 2.75) is 13.8 Å². The number of hydrogen-bond donors (Lipinski definition) is 0. The third-order valence-corrected chi connectivity index (χ3v) is 3.16. The summed E-state index contributed by atoms with van der Waals surface area (Å²) in [5, 5.41) is 0. The van der Waals surface area contributed by atoms with Crippen LogP contribution in [0.1, 0.15) is 21.5 Å². The summed E-state index contributed by atoms with van der Waals surface area (Å²) >= 11 is 1.43. The van der Waals surface area contributed by atoms with Gasteiger partial charge in [0.25, 0.3) is 5.91 Å². The molecule has 0 spiro atoms. The van der Waals surface area contributed by atoms with Gasteiger partial charge in [-0.05, 0) is 26.0 Å². The highest BCUT2D eigenvalue weighted by atomic mass is 32.1. The van der Waals surface area contributed by atoms with Gasteiger partial charge in [-0.3, -0.25) is 9.59 Å². The lowest BCUT2D eigenvalue weighted by Gasteiger charge is -2.18. The fraction of sp³-hybridized carbons (Fsp3) is 0.455. The molecule has 16 heavy (non-hydrogen) atoms. The van der Waals surface area contributed by atoms with Crippen LogP contribution in [0.4, 0.5) is 0 Å². The first kappa shape index (κ1) is 12.7. The van der Waals surface area contributed by atoms with Gasteiger partial charge in [0, 0.05) is 11.4 Å². The van der Waals surface area contributed by atoms with Crippen molar-refractivity contribution >= 4 is 23.2 Å². The van der Waals surface area contributed by atoms with Crippen molar-refractivity contribution in [3.63, 3.8) is 0 Å². The first-order chi connectivity index (χ1) is 7.58. The first-order valence-corrected chi connectivity index (χ1v) is 5.82. The molecule has 5 heteroatoms. The summed E-state index contributed by atoms with van der Waals surface area (Å²) in [5.74, 6) is -0.519. The number of rotatable bonds is 4. The Hall–Kier alpha value is -1.36. The van der Waals surface area contributed by atoms with Gasteiger partial charge < -0.3 is 9.64 Å². The fourth-order valence-corrected chi connectivity index (χ4v) is 2.09. The molecule has 0 aliphatic carbocycles. The Morgan fingerprint density at radius 2 is 2.12 bits per heavy atom. The van der Waals surface area contributed by atoms with Gasteiger partial charge in [-0.1, -0.05) is 0 Å². The maximum absolute atomic E-state index is 12.0. The van der Waals surface area contributed by atoms with Gasteiger partial charge >= 0.3 is 5.97 Å². The summed E-state index contributed by atoms with van der Waals surface area (Å²) in [7, 11) is 1.32. The third-order valence-electron chi connectivity index (χ3n) is 2.17. The van der Waals surface area contributed by atoms with Crippen LogP contribution in [0.25, 0.3) is 0 Å². The van der Waals surface area contributed by atoms with Crippen LogP contribution < -0.4 is 0 Å². The maximum Gasteiger partial charge on any atom is 0.325 e. The van der Waals surface area contributed by atoms with E-state index in [4.69, 9.17) is 0 Å². The smallest absolute Gasteiger partial charge is 0.325 e. The van der Waals surface area contributed by atoms with Crippen molar-refractivity contribution < 1.29 is 14.3 Å². The molecule has 0 aliphatic rings. The Morgan fingerprint density at radius 1 is 1.44 bits per heavy atom. The van der Waals surface area contributed by atoms with E-state index in [2.05, 4.69) is 4.74 Å². The number of nitrogens with zero attached hydrogens (tertiary/aromatic N) is 1. The van der Waals surface area contributed by atoms with Crippen LogP contribution in [0.3, 0.4) is 0 Å². The molecule has 1 amide bonds. The highest BCUT2D eigenvalue weighted by Crippen LogP contribution is 2.17. The molecule has 0 saturated heterocycles. The van der Waals surface area contributed by atoms with E-state index in [9.17, 15) is 9.59 Å². The van der Waals surface area contributed by atoms with Crippen LogP contribution in [0, 0.1) is 6.92 Å². The Kier molecular flexibility index (Phi) is 4.49. The minimum Gasteiger partial charge on any atom is -0.468 e. The minimum absolute atomic E-state index is 0.00276. The van der Waals surface area contributed by atoms with E-state index in [0.29, 0.717) is 11.4 Å². The quantitative estimate of drug-likeness (QED) is 0.754. The molecule has 1 aromatic heterocycles. The number of hydrogen-bond acceptors (Lipinski definition) is 4. The van der Waals surface area contributed by atoms with E-state index in [0.717, 1.165) is 4.88 Å². The zero-order valence-electron chi connectivity index (χ0n) is 9.65. The molecule has 1 rings (SSSR count). The summed E-state index contributed by atoms with van der Waals surface area (Å²) in [4.78, 5) is 26.3. The largest absolute Gasteiger partial charge is 0.468 e. The average molecular weight is 241 g/mol. The van der Waals surface area contributed by atoms with Crippen LogP contribution in [-0.4, -0.2) is 37.0 Å². The minimum atomic E-state index is -0.400. The fourth-order valence-electron chi connectivity index (χ4n) is 1.25. The number of carbonyl (C=O) groups excluding carboxylic acids is 2. The van der Waals surface area contributed by atoms with E-state index >= 15 is 0 Å². The van der Waals surface area contributed by atoms with Crippen molar-refractivity contribution in [1.82, 2.24) is 4.90 Å². The lowest BCUT2D eigenvalue weighted by atomic mass is 10.3. The van der Waals surface area contributed by atoms with Crippen LogP contribution in [0.15, 0.2) is 12.1 Å². The lowest BCUT2D eigenvalue weighted by molar-refractivity contribution is -0.141. The molecular weight excluding hydrogens is 226 g/mol. The molecule has 0 saturated carbocycles. The summed E-state index contributed by atoms with van der Waals surface area (Å²) in [6, 6.07) is 3.67. The van der Waals surface area contributed by atoms with Gasteiger partial charge in [0.2, 0.25) is 0 Å². The summed E-state index contributed by atoms with van der Waals surface area (Å²) in [6.45, 7) is 4.27. The highest BCUT2D eigenvalue weighted by molar-refractivity contribution is 7.13. The molecule has 0 unspecified atom stereocenters. The average Bonchev–Trinajstić information content (AvgIpc) is 2.71. The SMILES string of the molecule is CCN(CC(=O)OC)C(=O)c1ccc(C)s1. The zero-order valence-corrected chi connectivity index (χ0v) is 10.5. The zero-order chi connectivity index (χ0) is 12.1. The molecular formula is C11H15NO3S. The van der Waals surface area contributed by atoms with E-state index in [1.165, 1.54) is 23.3 Å². The van der Waals surface area contributed by atoms with E-state index in [-0.39, 0.29) is 12.5 Å². The maximum atomic E-state index is 12.0. The van der Waals surface area contributed by atoms with Gasteiger partial charge in [0.1, 0.15) is 6.54 Å². The van der Waals surface area contributed by atoms with Gasteiger partial charge in [-0.15, -0.1) is 11.3 Å². The number of aryl methyl sites for hydroxylation is 1. The van der Waals surface area contributed by atoms with Crippen molar-refractivity contribution in [1.29, 1.82) is 0 Å². The molecule has 0 aliphatic heterocycles. The molecule has 0 atom stereocenters. The van der Waals surface area contributed by atoms with Crippen LogP contribution in [0.2, 0.25) is 0 Å². The second kappa shape index (κ2) is 5.65. The number of likely N-dealkylation sites (N-methyl/N-ethyl adjacent to an activating group) is 1. The van der Waals surface area contributed by atoms with E-state index in [1.54, 1.807) is 6.07 Å². The molecule has 0 aromatic carbocycles. The number of methoxy groups -OCH3 is 1. The molecule has 0 radical (unpaired) electrons.